The molecule has 3 nitrogen and oxygen atoms in total. The zero-order valence-electron chi connectivity index (χ0n) is 13.7. The summed E-state index contributed by atoms with van der Waals surface area (Å²) < 4.78 is 0. The molecular weight excluding hydrogens is 236 g/mol. The van der Waals surface area contributed by atoms with E-state index in [1.165, 1.54) is 0 Å². The minimum Gasteiger partial charge on any atom is -0.323 e. The summed E-state index contributed by atoms with van der Waals surface area (Å²) in [4.78, 5) is 14.8. The van der Waals surface area contributed by atoms with Crippen molar-refractivity contribution in [3.63, 3.8) is 0 Å². The molecule has 1 rings (SSSR count). The molecule has 1 heterocycles. The molecule has 1 amide bonds. The van der Waals surface area contributed by atoms with Crippen LogP contribution in [0.2, 0.25) is 0 Å². The molecule has 1 aliphatic heterocycles. The highest BCUT2D eigenvalue weighted by atomic mass is 16.2. The number of carbonyl (C=O) groups excluding carboxylic acids is 1. The molecule has 1 aliphatic rings. The summed E-state index contributed by atoms with van der Waals surface area (Å²) in [6.07, 6.45) is 2.47. The van der Waals surface area contributed by atoms with Crippen LogP contribution in [0, 0.1) is 17.8 Å². The first-order valence-electron chi connectivity index (χ1n) is 7.93. The molecule has 3 heteroatoms. The average molecular weight is 268 g/mol. The highest BCUT2D eigenvalue weighted by Gasteiger charge is 2.44. The van der Waals surface area contributed by atoms with Crippen LogP contribution in [-0.2, 0) is 4.79 Å². The lowest BCUT2D eigenvalue weighted by Gasteiger charge is -2.36. The van der Waals surface area contributed by atoms with Crippen LogP contribution in [0.1, 0.15) is 61.3 Å². The van der Waals surface area contributed by atoms with Gasteiger partial charge >= 0.3 is 0 Å². The lowest BCUT2D eigenvalue weighted by molar-refractivity contribution is -0.134. The summed E-state index contributed by atoms with van der Waals surface area (Å²) in [6.45, 7) is 15.3. The van der Waals surface area contributed by atoms with Gasteiger partial charge in [-0.05, 0) is 24.7 Å². The molecule has 0 radical (unpaired) electrons. The predicted molar refractivity (Wildman–Crippen MR) is 80.8 cm³/mol. The lowest BCUT2D eigenvalue weighted by Crippen LogP contribution is -2.48. The van der Waals surface area contributed by atoms with Crippen LogP contribution < -0.4 is 5.32 Å². The molecule has 1 fully saturated rings. The Bertz CT molecular complexity index is 297. The highest BCUT2D eigenvalue weighted by Crippen LogP contribution is 2.28. The fourth-order valence-corrected chi connectivity index (χ4v) is 3.28. The quantitative estimate of drug-likeness (QED) is 0.802. The number of rotatable bonds is 6. The molecule has 3 atom stereocenters. The summed E-state index contributed by atoms with van der Waals surface area (Å²) in [7, 11) is 0. The second-order valence-corrected chi connectivity index (χ2v) is 6.64. The SMILES string of the molecule is CCC(CC)C(C)N1C(=O)C(C(C)C)NC1C(C)C. The van der Waals surface area contributed by atoms with E-state index >= 15 is 0 Å². The Morgan fingerprint density at radius 3 is 1.95 bits per heavy atom. The number of carbonyl (C=O) groups is 1. The van der Waals surface area contributed by atoms with Crippen molar-refractivity contribution >= 4 is 5.91 Å². The number of nitrogens with zero attached hydrogens (tertiary/aromatic N) is 1. The smallest absolute Gasteiger partial charge is 0.241 e. The molecule has 112 valence electrons. The van der Waals surface area contributed by atoms with Gasteiger partial charge in [-0.3, -0.25) is 10.1 Å². The Morgan fingerprint density at radius 1 is 1.05 bits per heavy atom. The van der Waals surface area contributed by atoms with Gasteiger partial charge in [0.15, 0.2) is 0 Å². The topological polar surface area (TPSA) is 32.3 Å². The Labute approximate surface area is 119 Å². The first-order valence-corrected chi connectivity index (χ1v) is 7.93. The third-order valence-corrected chi connectivity index (χ3v) is 4.64. The van der Waals surface area contributed by atoms with Gasteiger partial charge in [-0.1, -0.05) is 54.4 Å². The lowest BCUT2D eigenvalue weighted by atomic mass is 9.93. The molecule has 0 aromatic carbocycles. The van der Waals surface area contributed by atoms with Crippen LogP contribution in [0.15, 0.2) is 0 Å². The van der Waals surface area contributed by atoms with Crippen molar-refractivity contribution in [1.82, 2.24) is 10.2 Å². The average Bonchev–Trinajstić information content (AvgIpc) is 2.68. The molecular formula is C16H32N2O. The van der Waals surface area contributed by atoms with Gasteiger partial charge in [-0.15, -0.1) is 0 Å². The van der Waals surface area contributed by atoms with Gasteiger partial charge in [0.25, 0.3) is 0 Å². The maximum Gasteiger partial charge on any atom is 0.241 e. The van der Waals surface area contributed by atoms with Crippen molar-refractivity contribution in [2.45, 2.75) is 79.6 Å². The molecule has 19 heavy (non-hydrogen) atoms. The van der Waals surface area contributed by atoms with Crippen LogP contribution in [0.3, 0.4) is 0 Å². The summed E-state index contributed by atoms with van der Waals surface area (Å²) in [5.74, 6) is 1.70. The van der Waals surface area contributed by atoms with Crippen molar-refractivity contribution in [3.05, 3.63) is 0 Å². The van der Waals surface area contributed by atoms with Gasteiger partial charge in [0.2, 0.25) is 5.91 Å². The summed E-state index contributed by atoms with van der Waals surface area (Å²) >= 11 is 0. The molecule has 1 saturated heterocycles. The number of hydrogen-bond acceptors (Lipinski definition) is 2. The van der Waals surface area contributed by atoms with Crippen LogP contribution >= 0.6 is 0 Å². The van der Waals surface area contributed by atoms with Crippen molar-refractivity contribution in [2.24, 2.45) is 17.8 Å². The molecule has 0 saturated carbocycles. The third kappa shape index (κ3) is 3.31. The maximum absolute atomic E-state index is 12.7. The van der Waals surface area contributed by atoms with Crippen LogP contribution in [0.5, 0.6) is 0 Å². The van der Waals surface area contributed by atoms with Gasteiger partial charge < -0.3 is 4.90 Å². The Hall–Kier alpha value is -0.570. The van der Waals surface area contributed by atoms with Gasteiger partial charge in [0, 0.05) is 6.04 Å². The summed E-state index contributed by atoms with van der Waals surface area (Å²) in [6, 6.07) is 0.315. The van der Waals surface area contributed by atoms with E-state index < -0.39 is 0 Å². The second-order valence-electron chi connectivity index (χ2n) is 6.64. The zero-order chi connectivity index (χ0) is 14.7. The zero-order valence-corrected chi connectivity index (χ0v) is 13.7. The fourth-order valence-electron chi connectivity index (χ4n) is 3.28. The largest absolute Gasteiger partial charge is 0.323 e. The molecule has 0 aromatic rings. The Morgan fingerprint density at radius 2 is 1.58 bits per heavy atom. The monoisotopic (exact) mass is 268 g/mol. The second kappa shape index (κ2) is 6.74. The fraction of sp³-hybridized carbons (Fsp3) is 0.938. The van der Waals surface area contributed by atoms with E-state index in [9.17, 15) is 4.79 Å². The molecule has 0 aromatic heterocycles. The van der Waals surface area contributed by atoms with Crippen molar-refractivity contribution in [2.75, 3.05) is 0 Å². The van der Waals surface area contributed by atoms with Crippen molar-refractivity contribution in [1.29, 1.82) is 0 Å². The van der Waals surface area contributed by atoms with E-state index in [1.54, 1.807) is 0 Å². The number of amides is 1. The molecule has 0 aliphatic carbocycles. The number of nitrogens with one attached hydrogen (secondary N) is 1. The van der Waals surface area contributed by atoms with E-state index in [-0.39, 0.29) is 12.2 Å². The number of hydrogen-bond donors (Lipinski definition) is 1. The first kappa shape index (κ1) is 16.5. The molecule has 0 spiro atoms. The first-order chi connectivity index (χ1) is 8.84. The predicted octanol–water partition coefficient (Wildman–Crippen LogP) is 3.25. The standard InChI is InChI=1S/C16H32N2O/c1-8-13(9-2)12(7)18-15(11(5)6)17-14(10(3)4)16(18)19/h10-15,17H,8-9H2,1-7H3. The maximum atomic E-state index is 12.7. The third-order valence-electron chi connectivity index (χ3n) is 4.64. The summed E-state index contributed by atoms with van der Waals surface area (Å²) in [5, 5.41) is 3.55. The molecule has 1 N–H and O–H groups in total. The minimum absolute atomic E-state index is 0.00999. The van der Waals surface area contributed by atoms with E-state index in [0.717, 1.165) is 12.8 Å². The van der Waals surface area contributed by atoms with E-state index in [4.69, 9.17) is 0 Å². The molecule has 0 bridgehead atoms. The normalized spacial score (nSPS) is 26.0. The van der Waals surface area contributed by atoms with Gasteiger partial charge in [0.1, 0.15) is 0 Å². The van der Waals surface area contributed by atoms with Crippen LogP contribution in [0.4, 0.5) is 0 Å². The van der Waals surface area contributed by atoms with Gasteiger partial charge in [0.05, 0.1) is 12.2 Å². The Kier molecular flexibility index (Phi) is 5.84. The van der Waals surface area contributed by atoms with E-state index in [2.05, 4.69) is 58.7 Å². The van der Waals surface area contributed by atoms with Crippen LogP contribution in [-0.4, -0.2) is 29.1 Å². The Balaban J connectivity index is 2.96. The van der Waals surface area contributed by atoms with E-state index in [1.807, 2.05) is 0 Å². The molecule has 3 unspecified atom stereocenters. The highest BCUT2D eigenvalue weighted by molar-refractivity contribution is 5.85. The van der Waals surface area contributed by atoms with Crippen molar-refractivity contribution in [3.8, 4) is 0 Å². The van der Waals surface area contributed by atoms with Gasteiger partial charge in [-0.2, -0.15) is 0 Å². The van der Waals surface area contributed by atoms with Crippen LogP contribution in [0.25, 0.3) is 0 Å². The minimum atomic E-state index is -0.00999. The summed E-state index contributed by atoms with van der Waals surface area (Å²) in [5.41, 5.74) is 0. The van der Waals surface area contributed by atoms with E-state index in [0.29, 0.717) is 29.7 Å². The van der Waals surface area contributed by atoms with Crippen molar-refractivity contribution < 1.29 is 4.79 Å². The van der Waals surface area contributed by atoms with Gasteiger partial charge in [-0.25, -0.2) is 0 Å².